The number of anilines is 1. The van der Waals surface area contributed by atoms with Crippen LogP contribution in [0.15, 0.2) is 23.1 Å². The lowest BCUT2D eigenvalue weighted by Gasteiger charge is -2.19. The van der Waals surface area contributed by atoms with E-state index in [9.17, 15) is 13.2 Å². The Bertz CT molecular complexity index is 600. The van der Waals surface area contributed by atoms with E-state index in [1.165, 1.54) is 6.07 Å². The van der Waals surface area contributed by atoms with Gasteiger partial charge in [-0.2, -0.15) is 0 Å². The van der Waals surface area contributed by atoms with Crippen LogP contribution in [-0.4, -0.2) is 46.9 Å². The number of carbonyl (C=O) groups excluding carboxylic acids is 1. The highest BCUT2D eigenvalue weighted by Crippen LogP contribution is 2.28. The smallest absolute Gasteiger partial charge is 0.263 e. The molecule has 0 unspecified atom stereocenters. The summed E-state index contributed by atoms with van der Waals surface area (Å²) < 4.78 is 23.3. The monoisotopic (exact) mass is 318 g/mol. The topological polar surface area (TPSA) is 57.7 Å². The van der Waals surface area contributed by atoms with Crippen molar-refractivity contribution in [1.82, 2.24) is 4.90 Å². The van der Waals surface area contributed by atoms with Crippen LogP contribution >= 0.6 is 10.7 Å². The normalized spacial score (nSPS) is 11.2. The van der Waals surface area contributed by atoms with Gasteiger partial charge >= 0.3 is 0 Å². The van der Waals surface area contributed by atoms with Gasteiger partial charge < -0.3 is 9.80 Å². The number of carbonyl (C=O) groups is 1. The average Bonchev–Trinajstić information content (AvgIpc) is 2.36. The molecule has 5 nitrogen and oxygen atoms in total. The minimum atomic E-state index is -3.91. The van der Waals surface area contributed by atoms with Gasteiger partial charge in [-0.15, -0.1) is 0 Å². The molecule has 0 aliphatic rings. The molecule has 20 heavy (non-hydrogen) atoms. The van der Waals surface area contributed by atoms with Crippen molar-refractivity contribution >= 4 is 31.3 Å². The molecule has 0 atom stereocenters. The first-order valence-corrected chi connectivity index (χ1v) is 8.51. The third kappa shape index (κ3) is 3.86. The molecule has 1 amide bonds. The molecule has 0 saturated carbocycles. The molecular weight excluding hydrogens is 300 g/mol. The fourth-order valence-electron chi connectivity index (χ4n) is 1.87. The Labute approximate surface area is 124 Å². The SMILES string of the molecule is CCCN(C)C(=O)c1ccc(N(C)C)c(S(=O)(=O)Cl)c1. The van der Waals surface area contributed by atoms with Crippen LogP contribution in [0.1, 0.15) is 23.7 Å². The number of hydrogen-bond donors (Lipinski definition) is 0. The Morgan fingerprint density at radius 2 is 1.85 bits per heavy atom. The van der Waals surface area contributed by atoms with Crippen molar-refractivity contribution in [2.75, 3.05) is 32.6 Å². The molecule has 0 aromatic heterocycles. The van der Waals surface area contributed by atoms with Gasteiger partial charge in [-0.1, -0.05) is 6.92 Å². The molecular formula is C13H19ClN2O3S. The summed E-state index contributed by atoms with van der Waals surface area (Å²) in [5.74, 6) is -0.223. The van der Waals surface area contributed by atoms with Crippen LogP contribution in [0.3, 0.4) is 0 Å². The zero-order chi connectivity index (χ0) is 15.5. The Balaban J connectivity index is 3.30. The third-order valence-electron chi connectivity index (χ3n) is 2.86. The molecule has 1 rings (SSSR count). The van der Waals surface area contributed by atoms with E-state index in [0.717, 1.165) is 6.42 Å². The van der Waals surface area contributed by atoms with E-state index in [4.69, 9.17) is 10.7 Å². The minimum absolute atomic E-state index is 0.0556. The summed E-state index contributed by atoms with van der Waals surface area (Å²) in [7, 11) is 6.64. The second kappa shape index (κ2) is 6.45. The maximum absolute atomic E-state index is 12.2. The number of benzene rings is 1. The summed E-state index contributed by atoms with van der Waals surface area (Å²) in [5, 5.41) is 0. The number of rotatable bonds is 5. The lowest BCUT2D eigenvalue weighted by molar-refractivity contribution is 0.0795. The fourth-order valence-corrected chi connectivity index (χ4v) is 3.01. The van der Waals surface area contributed by atoms with Crippen molar-refractivity contribution < 1.29 is 13.2 Å². The van der Waals surface area contributed by atoms with E-state index >= 15 is 0 Å². The van der Waals surface area contributed by atoms with E-state index in [1.807, 2.05) is 6.92 Å². The van der Waals surface area contributed by atoms with E-state index in [2.05, 4.69) is 0 Å². The standard InChI is InChI=1S/C13H19ClN2O3S/c1-5-8-16(4)13(17)10-6-7-11(15(2)3)12(9-10)20(14,18)19/h6-7,9H,5,8H2,1-4H3. The maximum atomic E-state index is 12.2. The van der Waals surface area contributed by atoms with Gasteiger partial charge in [0.2, 0.25) is 0 Å². The highest BCUT2D eigenvalue weighted by atomic mass is 35.7. The summed E-state index contributed by atoms with van der Waals surface area (Å²) in [6, 6.07) is 4.52. The van der Waals surface area contributed by atoms with Crippen molar-refractivity contribution in [3.05, 3.63) is 23.8 Å². The van der Waals surface area contributed by atoms with Gasteiger partial charge in [0.15, 0.2) is 0 Å². The molecule has 0 heterocycles. The first-order chi connectivity index (χ1) is 9.18. The summed E-state index contributed by atoms with van der Waals surface area (Å²) >= 11 is 0. The zero-order valence-corrected chi connectivity index (χ0v) is 13.6. The minimum Gasteiger partial charge on any atom is -0.377 e. The summed E-state index contributed by atoms with van der Waals surface area (Å²) in [6.45, 7) is 2.57. The number of nitrogens with zero attached hydrogens (tertiary/aromatic N) is 2. The first kappa shape index (κ1) is 16.8. The second-order valence-corrected chi connectivity index (χ2v) is 7.28. The molecule has 112 valence electrons. The Morgan fingerprint density at radius 3 is 2.30 bits per heavy atom. The van der Waals surface area contributed by atoms with E-state index in [0.29, 0.717) is 17.8 Å². The molecule has 0 radical (unpaired) electrons. The lowest BCUT2D eigenvalue weighted by atomic mass is 10.1. The molecule has 0 bridgehead atoms. The van der Waals surface area contributed by atoms with Crippen LogP contribution in [0.25, 0.3) is 0 Å². The molecule has 7 heteroatoms. The quantitative estimate of drug-likeness (QED) is 0.781. The zero-order valence-electron chi connectivity index (χ0n) is 12.1. The van der Waals surface area contributed by atoms with Crippen LogP contribution in [0.2, 0.25) is 0 Å². The first-order valence-electron chi connectivity index (χ1n) is 6.20. The molecule has 1 aromatic rings. The van der Waals surface area contributed by atoms with Crippen LogP contribution in [0.4, 0.5) is 5.69 Å². The molecule has 0 aliphatic carbocycles. The highest BCUT2D eigenvalue weighted by molar-refractivity contribution is 8.13. The van der Waals surface area contributed by atoms with Gasteiger partial charge in [-0.05, 0) is 24.6 Å². The Morgan fingerprint density at radius 1 is 1.25 bits per heavy atom. The van der Waals surface area contributed by atoms with Crippen molar-refractivity contribution in [2.45, 2.75) is 18.2 Å². The van der Waals surface area contributed by atoms with Crippen molar-refractivity contribution in [3.8, 4) is 0 Å². The van der Waals surface area contributed by atoms with Gasteiger partial charge in [0.05, 0.1) is 5.69 Å². The van der Waals surface area contributed by atoms with Crippen LogP contribution in [0.5, 0.6) is 0 Å². The van der Waals surface area contributed by atoms with Crippen molar-refractivity contribution in [2.24, 2.45) is 0 Å². The third-order valence-corrected chi connectivity index (χ3v) is 4.21. The van der Waals surface area contributed by atoms with Gasteiger partial charge in [-0.3, -0.25) is 4.79 Å². The largest absolute Gasteiger partial charge is 0.377 e. The predicted molar refractivity (Wildman–Crippen MR) is 81.1 cm³/mol. The number of amides is 1. The summed E-state index contributed by atoms with van der Waals surface area (Å²) in [4.78, 5) is 15.3. The molecule has 0 aliphatic heterocycles. The van der Waals surface area contributed by atoms with E-state index in [-0.39, 0.29) is 10.8 Å². The van der Waals surface area contributed by atoms with Crippen LogP contribution in [0, 0.1) is 0 Å². The summed E-state index contributed by atoms with van der Waals surface area (Å²) in [6.07, 6.45) is 0.832. The van der Waals surface area contributed by atoms with Gasteiger partial charge in [-0.25, -0.2) is 8.42 Å². The van der Waals surface area contributed by atoms with Crippen molar-refractivity contribution in [3.63, 3.8) is 0 Å². The van der Waals surface area contributed by atoms with Crippen molar-refractivity contribution in [1.29, 1.82) is 0 Å². The highest BCUT2D eigenvalue weighted by Gasteiger charge is 2.20. The molecule has 1 aromatic carbocycles. The van der Waals surface area contributed by atoms with E-state index in [1.54, 1.807) is 43.1 Å². The second-order valence-electron chi connectivity index (χ2n) is 4.74. The van der Waals surface area contributed by atoms with Gasteiger partial charge in [0, 0.05) is 43.9 Å². The average molecular weight is 319 g/mol. The van der Waals surface area contributed by atoms with Gasteiger partial charge in [0.1, 0.15) is 4.90 Å². The van der Waals surface area contributed by atoms with Crippen LogP contribution < -0.4 is 4.90 Å². The molecule has 0 fully saturated rings. The van der Waals surface area contributed by atoms with E-state index < -0.39 is 9.05 Å². The maximum Gasteiger partial charge on any atom is 0.263 e. The van der Waals surface area contributed by atoms with Gasteiger partial charge in [0.25, 0.3) is 15.0 Å². The fraction of sp³-hybridized carbons (Fsp3) is 0.462. The van der Waals surface area contributed by atoms with Crippen LogP contribution in [-0.2, 0) is 9.05 Å². The molecule has 0 N–H and O–H groups in total. The predicted octanol–water partition coefficient (Wildman–Crippen LogP) is 2.16. The number of halogens is 1. The molecule has 0 spiro atoms. The Kier molecular flexibility index (Phi) is 5.42. The molecule has 0 saturated heterocycles. The number of hydrogen-bond acceptors (Lipinski definition) is 4. The Hall–Kier alpha value is -1.27. The lowest BCUT2D eigenvalue weighted by Crippen LogP contribution is -2.27. The summed E-state index contributed by atoms with van der Waals surface area (Å²) in [5.41, 5.74) is 0.764.